The van der Waals surface area contributed by atoms with Crippen LogP contribution in [0.4, 0.5) is 0 Å². The summed E-state index contributed by atoms with van der Waals surface area (Å²) in [5.74, 6) is 0.660. The molecule has 0 aliphatic carbocycles. The molecular weight excluding hydrogens is 228 g/mol. The lowest BCUT2D eigenvalue weighted by atomic mass is 10.4. The fraction of sp³-hybridized carbons (Fsp3) is 0.667. The third kappa shape index (κ3) is 2.81. The minimum Gasteiger partial charge on any atom is -0.332 e. The first-order valence-corrected chi connectivity index (χ1v) is 6.57. The van der Waals surface area contributed by atoms with Crippen molar-refractivity contribution in [2.24, 2.45) is 5.73 Å². The average Bonchev–Trinajstić information content (AvgIpc) is 2.65. The van der Waals surface area contributed by atoms with Crippen LogP contribution >= 0.6 is 0 Å². The highest BCUT2D eigenvalue weighted by Crippen LogP contribution is 2.11. The second-order valence-corrected chi connectivity index (χ2v) is 5.82. The van der Waals surface area contributed by atoms with Crippen LogP contribution in [0.25, 0.3) is 0 Å². The van der Waals surface area contributed by atoms with E-state index in [1.165, 1.54) is 17.5 Å². The monoisotopic (exact) mass is 246 g/mol. The van der Waals surface area contributed by atoms with Gasteiger partial charge in [0.15, 0.2) is 5.03 Å². The Morgan fingerprint density at radius 2 is 2.25 bits per heavy atom. The number of nitrogens with two attached hydrogens (primary N) is 1. The largest absolute Gasteiger partial charge is 0.332 e. The van der Waals surface area contributed by atoms with Crippen molar-refractivity contribution < 1.29 is 8.42 Å². The predicted molar refractivity (Wildman–Crippen MR) is 61.4 cm³/mol. The normalized spacial score (nSPS) is 14.3. The van der Waals surface area contributed by atoms with Crippen LogP contribution < -0.4 is 5.73 Å². The van der Waals surface area contributed by atoms with Gasteiger partial charge in [0.25, 0.3) is 10.0 Å². The van der Waals surface area contributed by atoms with E-state index in [1.807, 2.05) is 6.92 Å². The van der Waals surface area contributed by atoms with Crippen LogP contribution in [0, 0.1) is 0 Å². The Hall–Kier alpha value is -0.920. The van der Waals surface area contributed by atoms with Crippen molar-refractivity contribution in [2.45, 2.75) is 31.3 Å². The minimum absolute atomic E-state index is 0.118. The van der Waals surface area contributed by atoms with Crippen molar-refractivity contribution >= 4 is 10.0 Å². The number of aryl methyl sites for hydroxylation is 1. The highest BCUT2D eigenvalue weighted by Gasteiger charge is 2.23. The quantitative estimate of drug-likeness (QED) is 0.761. The lowest BCUT2D eigenvalue weighted by molar-refractivity contribution is 0.443. The van der Waals surface area contributed by atoms with Gasteiger partial charge in [-0.1, -0.05) is 6.92 Å². The van der Waals surface area contributed by atoms with Crippen molar-refractivity contribution in [2.75, 3.05) is 13.6 Å². The Labute approximate surface area is 95.9 Å². The molecule has 0 radical (unpaired) electrons. The third-order valence-corrected chi connectivity index (χ3v) is 3.91. The van der Waals surface area contributed by atoms with Crippen LogP contribution in [-0.2, 0) is 16.4 Å². The zero-order valence-electron chi connectivity index (χ0n) is 9.77. The standard InChI is InChI=1S/C9H18N4O2S/c1-4-8-11-5-9(12-8)16(14,15)13(3)6-7(2)10/h5,7H,4,6,10H2,1-3H3,(H,11,12). The molecule has 1 atom stereocenters. The summed E-state index contributed by atoms with van der Waals surface area (Å²) in [6.07, 6.45) is 2.01. The van der Waals surface area contributed by atoms with Gasteiger partial charge >= 0.3 is 0 Å². The zero-order chi connectivity index (χ0) is 12.3. The van der Waals surface area contributed by atoms with E-state index < -0.39 is 10.0 Å². The van der Waals surface area contributed by atoms with Crippen LogP contribution in [0.3, 0.4) is 0 Å². The summed E-state index contributed by atoms with van der Waals surface area (Å²) in [5.41, 5.74) is 5.57. The summed E-state index contributed by atoms with van der Waals surface area (Å²) >= 11 is 0. The maximum atomic E-state index is 12.0. The number of hydrogen-bond acceptors (Lipinski definition) is 4. The van der Waals surface area contributed by atoms with E-state index in [2.05, 4.69) is 9.97 Å². The molecule has 1 aromatic heterocycles. The molecule has 3 N–H and O–H groups in total. The molecule has 0 spiro atoms. The highest BCUT2D eigenvalue weighted by atomic mass is 32.2. The topological polar surface area (TPSA) is 92.1 Å². The lowest BCUT2D eigenvalue weighted by Crippen LogP contribution is -2.37. The predicted octanol–water partition coefficient (Wildman–Crippen LogP) is -0.0602. The molecule has 1 aromatic rings. The molecule has 0 amide bonds. The van der Waals surface area contributed by atoms with Crippen molar-refractivity contribution in [3.63, 3.8) is 0 Å². The number of likely N-dealkylation sites (N-methyl/N-ethyl adjacent to an activating group) is 1. The van der Waals surface area contributed by atoms with E-state index >= 15 is 0 Å². The summed E-state index contributed by atoms with van der Waals surface area (Å²) in [5, 5.41) is 0.118. The van der Waals surface area contributed by atoms with Gasteiger partial charge in [0.05, 0.1) is 6.20 Å². The maximum absolute atomic E-state index is 12.0. The number of imidazole rings is 1. The number of rotatable bonds is 5. The molecule has 0 aromatic carbocycles. The van der Waals surface area contributed by atoms with Crippen LogP contribution in [0.15, 0.2) is 11.2 Å². The molecule has 0 saturated carbocycles. The molecule has 6 nitrogen and oxygen atoms in total. The Morgan fingerprint density at radius 1 is 1.62 bits per heavy atom. The zero-order valence-corrected chi connectivity index (χ0v) is 10.6. The van der Waals surface area contributed by atoms with E-state index in [4.69, 9.17) is 5.73 Å². The number of aromatic amines is 1. The van der Waals surface area contributed by atoms with Crippen molar-refractivity contribution in [3.05, 3.63) is 12.0 Å². The second-order valence-electron chi connectivity index (χ2n) is 3.81. The van der Waals surface area contributed by atoms with Crippen molar-refractivity contribution in [3.8, 4) is 0 Å². The summed E-state index contributed by atoms with van der Waals surface area (Å²) in [7, 11) is -1.98. The Kier molecular flexibility index (Phi) is 4.06. The minimum atomic E-state index is -3.49. The van der Waals surface area contributed by atoms with E-state index in [9.17, 15) is 8.42 Å². The molecule has 1 unspecified atom stereocenters. The first kappa shape index (κ1) is 13.1. The van der Waals surface area contributed by atoms with E-state index in [-0.39, 0.29) is 17.6 Å². The molecule has 7 heteroatoms. The van der Waals surface area contributed by atoms with Crippen LogP contribution in [0.1, 0.15) is 19.7 Å². The summed E-state index contributed by atoms with van der Waals surface area (Å²) in [6.45, 7) is 3.94. The highest BCUT2D eigenvalue weighted by molar-refractivity contribution is 7.89. The average molecular weight is 246 g/mol. The molecule has 0 aliphatic rings. The van der Waals surface area contributed by atoms with Gasteiger partial charge in [-0.05, 0) is 6.92 Å². The number of nitrogens with one attached hydrogen (secondary N) is 1. The van der Waals surface area contributed by atoms with Gasteiger partial charge < -0.3 is 10.7 Å². The van der Waals surface area contributed by atoms with Gasteiger partial charge in [-0.2, -0.15) is 4.31 Å². The van der Waals surface area contributed by atoms with E-state index in [0.717, 1.165) is 0 Å². The lowest BCUT2D eigenvalue weighted by Gasteiger charge is -2.17. The van der Waals surface area contributed by atoms with Gasteiger partial charge in [0.2, 0.25) is 0 Å². The summed E-state index contributed by atoms with van der Waals surface area (Å²) < 4.78 is 25.2. The van der Waals surface area contributed by atoms with Gasteiger partial charge in [-0.15, -0.1) is 0 Å². The van der Waals surface area contributed by atoms with Gasteiger partial charge in [0.1, 0.15) is 5.82 Å². The molecule has 1 heterocycles. The first-order chi connectivity index (χ1) is 7.37. The van der Waals surface area contributed by atoms with Gasteiger partial charge in [-0.25, -0.2) is 13.4 Å². The maximum Gasteiger partial charge on any atom is 0.259 e. The molecule has 0 saturated heterocycles. The third-order valence-electron chi connectivity index (χ3n) is 2.17. The fourth-order valence-corrected chi connectivity index (χ4v) is 2.53. The number of sulfonamides is 1. The number of H-pyrrole nitrogens is 1. The second kappa shape index (κ2) is 4.94. The molecular formula is C9H18N4O2S. The molecule has 0 bridgehead atoms. The van der Waals surface area contributed by atoms with Crippen LogP contribution in [0.2, 0.25) is 0 Å². The number of hydrogen-bond donors (Lipinski definition) is 2. The molecule has 16 heavy (non-hydrogen) atoms. The van der Waals surface area contributed by atoms with Crippen LogP contribution in [-0.4, -0.2) is 42.3 Å². The molecule has 92 valence electrons. The first-order valence-electron chi connectivity index (χ1n) is 5.13. The summed E-state index contributed by atoms with van der Waals surface area (Å²) in [6, 6.07) is -0.201. The Morgan fingerprint density at radius 3 is 2.69 bits per heavy atom. The SMILES string of the molecule is CCc1ncc(S(=O)(=O)N(C)CC(C)N)[nH]1. The van der Waals surface area contributed by atoms with Gasteiger partial charge in [0, 0.05) is 26.1 Å². The van der Waals surface area contributed by atoms with Gasteiger partial charge in [-0.3, -0.25) is 0 Å². The van der Waals surface area contributed by atoms with E-state index in [0.29, 0.717) is 12.2 Å². The van der Waals surface area contributed by atoms with Crippen molar-refractivity contribution in [1.82, 2.24) is 14.3 Å². The Bertz CT molecular complexity index is 438. The molecule has 1 rings (SSSR count). The van der Waals surface area contributed by atoms with E-state index in [1.54, 1.807) is 6.92 Å². The number of nitrogens with zero attached hydrogens (tertiary/aromatic N) is 2. The molecule has 0 fully saturated rings. The smallest absolute Gasteiger partial charge is 0.259 e. The Balaban J connectivity index is 2.92. The molecule has 0 aliphatic heterocycles. The van der Waals surface area contributed by atoms with Crippen LogP contribution in [0.5, 0.6) is 0 Å². The summed E-state index contributed by atoms with van der Waals surface area (Å²) in [4.78, 5) is 6.75. The fourth-order valence-electron chi connectivity index (χ4n) is 1.33. The number of aromatic nitrogens is 2. The van der Waals surface area contributed by atoms with Crippen molar-refractivity contribution in [1.29, 1.82) is 0 Å².